The van der Waals surface area contributed by atoms with Gasteiger partial charge in [-0.15, -0.1) is 16.4 Å². The van der Waals surface area contributed by atoms with E-state index in [4.69, 9.17) is 0 Å². The summed E-state index contributed by atoms with van der Waals surface area (Å²) in [7, 11) is 0. The summed E-state index contributed by atoms with van der Waals surface area (Å²) in [6.45, 7) is 2.02. The Kier molecular flexibility index (Phi) is 4.05. The molecule has 0 saturated heterocycles. The molecule has 0 saturated carbocycles. The Labute approximate surface area is 162 Å². The molecule has 0 fully saturated rings. The number of hydrogen-bond donors (Lipinski definition) is 1. The maximum absolute atomic E-state index is 12.6. The van der Waals surface area contributed by atoms with Gasteiger partial charge in [0, 0.05) is 4.88 Å². The number of nitrogens with zero attached hydrogens (tertiary/aromatic N) is 5. The number of hydrogen-bond acceptors (Lipinski definition) is 7. The Bertz CT molecular complexity index is 1210. The highest BCUT2D eigenvalue weighted by Gasteiger charge is 2.21. The van der Waals surface area contributed by atoms with Gasteiger partial charge >= 0.3 is 0 Å². The molecule has 0 unspecified atom stereocenters. The molecule has 0 atom stereocenters. The van der Waals surface area contributed by atoms with Crippen molar-refractivity contribution in [3.8, 4) is 5.69 Å². The summed E-state index contributed by atoms with van der Waals surface area (Å²) in [6.07, 6.45) is 3.18. The Morgan fingerprint density at radius 2 is 2.19 bits per heavy atom. The van der Waals surface area contributed by atoms with Crippen molar-refractivity contribution in [2.24, 2.45) is 0 Å². The molecule has 3 aromatic heterocycles. The minimum atomic E-state index is -0.0338. The standard InChI is InChI=1S/C18H16N6OS2/c1-10-5-2-3-7-12(10)24-18(21-22-23-24)26-9-14-19-16(25)15-11-6-4-8-13(11)27-17(15)20-14/h2-3,5,7H,4,6,8-9H2,1H3,(H,19,20,25). The maximum atomic E-state index is 12.6. The highest BCUT2D eigenvalue weighted by Crippen LogP contribution is 2.34. The zero-order valence-corrected chi connectivity index (χ0v) is 16.2. The molecule has 9 heteroatoms. The van der Waals surface area contributed by atoms with Crippen molar-refractivity contribution in [2.75, 3.05) is 0 Å². The largest absolute Gasteiger partial charge is 0.309 e. The number of aryl methyl sites for hydroxylation is 3. The number of tetrazole rings is 1. The van der Waals surface area contributed by atoms with E-state index >= 15 is 0 Å². The molecule has 1 aliphatic carbocycles. The van der Waals surface area contributed by atoms with Gasteiger partial charge in [-0.25, -0.2) is 4.98 Å². The molecule has 136 valence electrons. The summed E-state index contributed by atoms with van der Waals surface area (Å²) in [5, 5.41) is 13.5. The highest BCUT2D eigenvalue weighted by atomic mass is 32.2. The first-order chi connectivity index (χ1) is 13.2. The lowest BCUT2D eigenvalue weighted by molar-refractivity contribution is 0.751. The highest BCUT2D eigenvalue weighted by molar-refractivity contribution is 7.98. The van der Waals surface area contributed by atoms with Crippen molar-refractivity contribution in [1.82, 2.24) is 30.2 Å². The van der Waals surface area contributed by atoms with Crippen LogP contribution in [0.3, 0.4) is 0 Å². The van der Waals surface area contributed by atoms with Crippen LogP contribution in [0.2, 0.25) is 0 Å². The van der Waals surface area contributed by atoms with Gasteiger partial charge < -0.3 is 4.98 Å². The number of rotatable bonds is 4. The fourth-order valence-corrected chi connectivity index (χ4v) is 5.50. The molecule has 7 nitrogen and oxygen atoms in total. The number of H-pyrrole nitrogens is 1. The fraction of sp³-hybridized carbons (Fsp3) is 0.278. The second-order valence-electron chi connectivity index (χ2n) is 6.50. The monoisotopic (exact) mass is 396 g/mol. The van der Waals surface area contributed by atoms with Crippen LogP contribution in [0, 0.1) is 6.92 Å². The van der Waals surface area contributed by atoms with Crippen LogP contribution in [-0.4, -0.2) is 30.2 Å². The van der Waals surface area contributed by atoms with Gasteiger partial charge in [0.1, 0.15) is 10.7 Å². The SMILES string of the molecule is Cc1ccccc1-n1nnnc1SCc1nc2sc3c(c2c(=O)[nH]1)CCC3. The zero-order valence-electron chi connectivity index (χ0n) is 14.6. The third kappa shape index (κ3) is 2.87. The predicted molar refractivity (Wildman–Crippen MR) is 106 cm³/mol. The van der Waals surface area contributed by atoms with Gasteiger partial charge in [0.25, 0.3) is 5.56 Å². The van der Waals surface area contributed by atoms with Crippen LogP contribution in [0.15, 0.2) is 34.2 Å². The minimum Gasteiger partial charge on any atom is -0.309 e. The van der Waals surface area contributed by atoms with E-state index in [0.29, 0.717) is 16.7 Å². The molecule has 1 aromatic carbocycles. The van der Waals surface area contributed by atoms with Crippen LogP contribution in [0.4, 0.5) is 0 Å². The van der Waals surface area contributed by atoms with Crippen LogP contribution in [-0.2, 0) is 18.6 Å². The van der Waals surface area contributed by atoms with E-state index in [-0.39, 0.29) is 5.56 Å². The molecule has 0 spiro atoms. The second kappa shape index (κ2) is 6.58. The van der Waals surface area contributed by atoms with Gasteiger partial charge in [0.15, 0.2) is 0 Å². The van der Waals surface area contributed by atoms with Gasteiger partial charge in [0.2, 0.25) is 5.16 Å². The van der Waals surface area contributed by atoms with Crippen LogP contribution in [0.5, 0.6) is 0 Å². The van der Waals surface area contributed by atoms with E-state index in [1.807, 2.05) is 31.2 Å². The van der Waals surface area contributed by atoms with Gasteiger partial charge in [-0.3, -0.25) is 4.79 Å². The molecule has 5 rings (SSSR count). The van der Waals surface area contributed by atoms with E-state index in [1.54, 1.807) is 16.0 Å². The first-order valence-electron chi connectivity index (χ1n) is 8.71. The smallest absolute Gasteiger partial charge is 0.259 e. The number of aromatic amines is 1. The summed E-state index contributed by atoms with van der Waals surface area (Å²) in [5.74, 6) is 1.15. The van der Waals surface area contributed by atoms with Gasteiger partial charge in [-0.2, -0.15) is 4.68 Å². The summed E-state index contributed by atoms with van der Waals surface area (Å²) in [5.41, 5.74) is 3.20. The van der Waals surface area contributed by atoms with Crippen LogP contribution >= 0.6 is 23.1 Å². The molecule has 0 bridgehead atoms. The van der Waals surface area contributed by atoms with Crippen molar-refractivity contribution in [1.29, 1.82) is 0 Å². The van der Waals surface area contributed by atoms with Crippen molar-refractivity contribution in [3.63, 3.8) is 0 Å². The van der Waals surface area contributed by atoms with Crippen molar-refractivity contribution in [2.45, 2.75) is 37.1 Å². The quantitative estimate of drug-likeness (QED) is 0.533. The second-order valence-corrected chi connectivity index (χ2v) is 8.52. The number of benzene rings is 1. The molecule has 0 aliphatic heterocycles. The summed E-state index contributed by atoms with van der Waals surface area (Å²) >= 11 is 3.11. The first-order valence-corrected chi connectivity index (χ1v) is 10.5. The first kappa shape index (κ1) is 16.6. The van der Waals surface area contributed by atoms with Crippen molar-refractivity contribution >= 4 is 33.3 Å². The lowest BCUT2D eigenvalue weighted by Gasteiger charge is -2.07. The molecule has 3 heterocycles. The average Bonchev–Trinajstić information content (AvgIpc) is 3.35. The summed E-state index contributed by atoms with van der Waals surface area (Å²) < 4.78 is 1.72. The predicted octanol–water partition coefficient (Wildman–Crippen LogP) is 3.05. The fourth-order valence-electron chi connectivity index (χ4n) is 3.47. The topological polar surface area (TPSA) is 89.3 Å². The van der Waals surface area contributed by atoms with E-state index < -0.39 is 0 Å². The van der Waals surface area contributed by atoms with Crippen LogP contribution in [0.1, 0.15) is 28.2 Å². The molecule has 27 heavy (non-hydrogen) atoms. The van der Waals surface area contributed by atoms with Gasteiger partial charge in [0.05, 0.1) is 16.8 Å². The molecule has 1 aliphatic rings. The van der Waals surface area contributed by atoms with E-state index in [2.05, 4.69) is 25.5 Å². The number of thiophene rings is 1. The minimum absolute atomic E-state index is 0.0338. The van der Waals surface area contributed by atoms with Crippen molar-refractivity contribution < 1.29 is 0 Å². The molecular weight excluding hydrogens is 380 g/mol. The Morgan fingerprint density at radius 1 is 1.30 bits per heavy atom. The molecule has 0 radical (unpaired) electrons. The summed E-state index contributed by atoms with van der Waals surface area (Å²) in [4.78, 5) is 22.4. The normalized spacial score (nSPS) is 13.4. The van der Waals surface area contributed by atoms with Gasteiger partial charge in [-0.05, 0) is 53.8 Å². The lowest BCUT2D eigenvalue weighted by Crippen LogP contribution is -2.11. The Balaban J connectivity index is 1.44. The lowest BCUT2D eigenvalue weighted by atomic mass is 10.2. The molecular formula is C18H16N6OS2. The third-order valence-corrected chi connectivity index (χ3v) is 6.86. The number of aromatic nitrogens is 6. The molecule has 0 amide bonds. The summed E-state index contributed by atoms with van der Waals surface area (Å²) in [6, 6.07) is 7.95. The number of thioether (sulfide) groups is 1. The van der Waals surface area contributed by atoms with Crippen LogP contribution < -0.4 is 5.56 Å². The van der Waals surface area contributed by atoms with Gasteiger partial charge in [-0.1, -0.05) is 30.0 Å². The number of fused-ring (bicyclic) bond motifs is 3. The molecule has 1 N–H and O–H groups in total. The van der Waals surface area contributed by atoms with E-state index in [0.717, 1.165) is 40.7 Å². The van der Waals surface area contributed by atoms with E-state index in [9.17, 15) is 4.79 Å². The molecule has 4 aromatic rings. The Morgan fingerprint density at radius 3 is 3.07 bits per heavy atom. The third-order valence-electron chi connectivity index (χ3n) is 4.75. The Hall–Kier alpha value is -2.52. The van der Waals surface area contributed by atoms with E-state index in [1.165, 1.54) is 22.2 Å². The average molecular weight is 397 g/mol. The maximum Gasteiger partial charge on any atom is 0.259 e. The van der Waals surface area contributed by atoms with Crippen molar-refractivity contribution in [3.05, 3.63) is 56.4 Å². The number of para-hydroxylation sites is 1. The zero-order chi connectivity index (χ0) is 18.4. The number of nitrogens with one attached hydrogen (secondary N) is 1. The van der Waals surface area contributed by atoms with Crippen LogP contribution in [0.25, 0.3) is 15.9 Å².